The van der Waals surface area contributed by atoms with Crippen LogP contribution >= 0.6 is 0 Å². The first-order chi connectivity index (χ1) is 12.5. The normalized spacial score (nSPS) is 12.0. The molecule has 6 nitrogen and oxygen atoms in total. The zero-order valence-electron chi connectivity index (χ0n) is 13.6. The molecule has 0 spiro atoms. The second-order valence-electron chi connectivity index (χ2n) is 5.68. The van der Waals surface area contributed by atoms with Crippen molar-refractivity contribution in [1.82, 2.24) is 24.5 Å². The van der Waals surface area contributed by atoms with Crippen LogP contribution in [0.1, 0.15) is 11.4 Å². The van der Waals surface area contributed by atoms with Crippen molar-refractivity contribution in [1.29, 1.82) is 0 Å². The Kier molecular flexibility index (Phi) is 3.71. The van der Waals surface area contributed by atoms with Gasteiger partial charge in [0.15, 0.2) is 11.5 Å². The van der Waals surface area contributed by atoms with Crippen LogP contribution in [0.15, 0.2) is 42.9 Å². The predicted octanol–water partition coefficient (Wildman–Crippen LogP) is 3.48. The molecular formula is C17H13F3N6. The number of rotatable bonds is 3. The molecule has 9 heteroatoms. The van der Waals surface area contributed by atoms with Crippen LogP contribution in [0.5, 0.6) is 0 Å². The molecule has 0 radical (unpaired) electrons. The highest BCUT2D eigenvalue weighted by molar-refractivity contribution is 5.84. The number of hydrogen-bond acceptors (Lipinski definition) is 5. The van der Waals surface area contributed by atoms with E-state index in [1.165, 1.54) is 13.4 Å². The zero-order chi connectivity index (χ0) is 18.3. The summed E-state index contributed by atoms with van der Waals surface area (Å²) in [6.45, 7) is 0.294. The molecule has 0 amide bonds. The number of anilines is 1. The maximum atomic E-state index is 13.1. The molecule has 0 fully saturated rings. The van der Waals surface area contributed by atoms with Crippen LogP contribution in [-0.2, 0) is 12.7 Å². The third-order valence-electron chi connectivity index (χ3n) is 4.01. The molecule has 1 N–H and O–H groups in total. The lowest BCUT2D eigenvalue weighted by Gasteiger charge is -2.10. The number of para-hydroxylation sites is 1. The third kappa shape index (κ3) is 2.71. The number of pyridine rings is 1. The average molecular weight is 358 g/mol. The molecule has 0 bridgehead atoms. The molecule has 0 saturated carbocycles. The Morgan fingerprint density at radius 3 is 2.62 bits per heavy atom. The minimum absolute atomic E-state index is 0.0390. The average Bonchev–Trinajstić information content (AvgIpc) is 3.03. The Morgan fingerprint density at radius 1 is 1.04 bits per heavy atom. The summed E-state index contributed by atoms with van der Waals surface area (Å²) < 4.78 is 40.9. The lowest BCUT2D eigenvalue weighted by molar-refractivity contribution is -0.144. The number of aromatic nitrogens is 5. The fourth-order valence-electron chi connectivity index (χ4n) is 2.84. The number of hydrogen-bond donors (Lipinski definition) is 1. The lowest BCUT2D eigenvalue weighted by atomic mass is 10.1. The van der Waals surface area contributed by atoms with Gasteiger partial charge in [0.05, 0.1) is 18.4 Å². The molecule has 0 saturated heterocycles. The monoisotopic (exact) mass is 358 g/mol. The van der Waals surface area contributed by atoms with E-state index in [9.17, 15) is 13.2 Å². The summed E-state index contributed by atoms with van der Waals surface area (Å²) in [6, 6.07) is 9.46. The van der Waals surface area contributed by atoms with Crippen LogP contribution in [0.2, 0.25) is 0 Å². The standard InChI is InChI=1S/C17H13F3N6/c1-21-14-13-15(25-16(24-14)17(18,19)20)26(9-23-13)8-11-5-2-4-10-6-3-7-22-12(10)11/h2-7,9H,8H2,1H3,(H,21,24,25). The van der Waals surface area contributed by atoms with Gasteiger partial charge in [-0.25, -0.2) is 15.0 Å². The van der Waals surface area contributed by atoms with Crippen LogP contribution in [0.4, 0.5) is 19.0 Å². The van der Waals surface area contributed by atoms with E-state index in [1.807, 2.05) is 30.3 Å². The summed E-state index contributed by atoms with van der Waals surface area (Å²) in [5.41, 5.74) is 2.05. The third-order valence-corrected chi connectivity index (χ3v) is 4.01. The van der Waals surface area contributed by atoms with E-state index in [-0.39, 0.29) is 17.0 Å². The Morgan fingerprint density at radius 2 is 1.85 bits per heavy atom. The van der Waals surface area contributed by atoms with Crippen molar-refractivity contribution in [3.63, 3.8) is 0 Å². The van der Waals surface area contributed by atoms with Crippen LogP contribution in [0, 0.1) is 0 Å². The minimum Gasteiger partial charge on any atom is -0.371 e. The van der Waals surface area contributed by atoms with Gasteiger partial charge in [0.2, 0.25) is 5.82 Å². The highest BCUT2D eigenvalue weighted by Crippen LogP contribution is 2.30. The highest BCUT2D eigenvalue weighted by Gasteiger charge is 2.36. The molecule has 0 aliphatic rings. The number of halogens is 3. The van der Waals surface area contributed by atoms with Crippen molar-refractivity contribution >= 4 is 27.9 Å². The molecule has 4 rings (SSSR count). The van der Waals surface area contributed by atoms with E-state index in [0.29, 0.717) is 6.54 Å². The molecule has 3 aromatic heterocycles. The number of fused-ring (bicyclic) bond motifs is 2. The first kappa shape index (κ1) is 16.2. The Balaban J connectivity index is 1.86. The van der Waals surface area contributed by atoms with Gasteiger partial charge in [0.1, 0.15) is 5.52 Å². The van der Waals surface area contributed by atoms with Crippen LogP contribution in [0.3, 0.4) is 0 Å². The molecular weight excluding hydrogens is 345 g/mol. The van der Waals surface area contributed by atoms with Gasteiger partial charge in [-0.2, -0.15) is 13.2 Å². The number of nitrogens with zero attached hydrogens (tertiary/aromatic N) is 5. The summed E-state index contributed by atoms with van der Waals surface area (Å²) >= 11 is 0. The topological polar surface area (TPSA) is 68.5 Å². The van der Waals surface area contributed by atoms with Gasteiger partial charge in [0, 0.05) is 18.6 Å². The van der Waals surface area contributed by atoms with E-state index in [0.717, 1.165) is 16.5 Å². The Labute approximate surface area is 145 Å². The largest absolute Gasteiger partial charge is 0.451 e. The molecule has 0 atom stereocenters. The second kappa shape index (κ2) is 5.94. The summed E-state index contributed by atoms with van der Waals surface area (Å²) in [5, 5.41) is 3.60. The molecule has 3 heterocycles. The van der Waals surface area contributed by atoms with E-state index in [4.69, 9.17) is 0 Å². The number of benzene rings is 1. The van der Waals surface area contributed by atoms with E-state index < -0.39 is 12.0 Å². The van der Waals surface area contributed by atoms with Crippen LogP contribution < -0.4 is 5.32 Å². The minimum atomic E-state index is -4.64. The van der Waals surface area contributed by atoms with Gasteiger partial charge < -0.3 is 9.88 Å². The maximum absolute atomic E-state index is 13.1. The Bertz CT molecular complexity index is 1100. The molecule has 0 unspecified atom stereocenters. The molecule has 4 aromatic rings. The molecule has 132 valence electrons. The van der Waals surface area contributed by atoms with Crippen molar-refractivity contribution < 1.29 is 13.2 Å². The van der Waals surface area contributed by atoms with Crippen LogP contribution in [-0.4, -0.2) is 31.6 Å². The summed E-state index contributed by atoms with van der Waals surface area (Å²) in [7, 11) is 1.50. The van der Waals surface area contributed by atoms with Gasteiger partial charge in [-0.1, -0.05) is 24.3 Å². The summed E-state index contributed by atoms with van der Waals surface area (Å²) in [4.78, 5) is 15.8. The van der Waals surface area contributed by atoms with Crippen molar-refractivity contribution in [2.45, 2.75) is 12.7 Å². The van der Waals surface area contributed by atoms with Gasteiger partial charge >= 0.3 is 6.18 Å². The second-order valence-corrected chi connectivity index (χ2v) is 5.68. The quantitative estimate of drug-likeness (QED) is 0.607. The molecule has 0 aliphatic carbocycles. The molecule has 0 aliphatic heterocycles. The van der Waals surface area contributed by atoms with Crippen molar-refractivity contribution in [3.05, 3.63) is 54.2 Å². The summed E-state index contributed by atoms with van der Waals surface area (Å²) in [5.74, 6) is -1.16. The van der Waals surface area contributed by atoms with E-state index in [1.54, 1.807) is 10.8 Å². The molecule has 26 heavy (non-hydrogen) atoms. The number of nitrogens with one attached hydrogen (secondary N) is 1. The van der Waals surface area contributed by atoms with Gasteiger partial charge in [0.25, 0.3) is 0 Å². The first-order valence-electron chi connectivity index (χ1n) is 7.78. The van der Waals surface area contributed by atoms with Gasteiger partial charge in [-0.15, -0.1) is 0 Å². The van der Waals surface area contributed by atoms with Crippen molar-refractivity contribution in [2.24, 2.45) is 0 Å². The van der Waals surface area contributed by atoms with Crippen LogP contribution in [0.25, 0.3) is 22.1 Å². The Hall–Kier alpha value is -3.23. The molecule has 1 aromatic carbocycles. The van der Waals surface area contributed by atoms with Crippen molar-refractivity contribution in [2.75, 3.05) is 12.4 Å². The number of imidazole rings is 1. The summed E-state index contributed by atoms with van der Waals surface area (Å²) in [6.07, 6.45) is -1.50. The fourth-order valence-corrected chi connectivity index (χ4v) is 2.84. The number of alkyl halides is 3. The van der Waals surface area contributed by atoms with Crippen molar-refractivity contribution in [3.8, 4) is 0 Å². The van der Waals surface area contributed by atoms with E-state index in [2.05, 4.69) is 25.3 Å². The SMILES string of the molecule is CNc1nc(C(F)(F)F)nc2c1ncn2Cc1cccc2cccnc12. The first-order valence-corrected chi connectivity index (χ1v) is 7.78. The van der Waals surface area contributed by atoms with Gasteiger partial charge in [-0.05, 0) is 11.6 Å². The zero-order valence-corrected chi connectivity index (χ0v) is 13.6. The predicted molar refractivity (Wildman–Crippen MR) is 90.7 cm³/mol. The smallest absolute Gasteiger partial charge is 0.371 e. The maximum Gasteiger partial charge on any atom is 0.451 e. The van der Waals surface area contributed by atoms with E-state index >= 15 is 0 Å². The fraction of sp³-hybridized carbons (Fsp3) is 0.176. The highest BCUT2D eigenvalue weighted by atomic mass is 19.4. The van der Waals surface area contributed by atoms with Gasteiger partial charge in [-0.3, -0.25) is 4.98 Å². The lowest BCUT2D eigenvalue weighted by Crippen LogP contribution is -2.14.